The molecule has 0 unspecified atom stereocenters. The average molecular weight is 375 g/mol. The Morgan fingerprint density at radius 1 is 0.750 bits per heavy atom. The molecule has 0 saturated heterocycles. The molecule has 2 amide bonds. The minimum Gasteiger partial charge on any atom is -0.373 e. The molecule has 0 aliphatic rings. The Hall–Kier alpha value is -3.74. The molecule has 0 fully saturated rings. The molecule has 3 N–H and O–H groups in total. The third-order valence-corrected chi connectivity index (χ3v) is 4.01. The van der Waals surface area contributed by atoms with Gasteiger partial charge < -0.3 is 10.6 Å². The smallest absolute Gasteiger partial charge is 0.258 e. The molecule has 3 aromatic rings. The fraction of sp³-hybridized carbons (Fsp3) is 0.143. The van der Waals surface area contributed by atoms with Crippen molar-refractivity contribution in [3.63, 3.8) is 0 Å². The summed E-state index contributed by atoms with van der Waals surface area (Å²) in [6.45, 7) is 3.83. The van der Waals surface area contributed by atoms with E-state index in [0.717, 1.165) is 11.1 Å². The molecule has 0 bridgehead atoms. The zero-order valence-corrected chi connectivity index (χ0v) is 15.9. The van der Waals surface area contributed by atoms with E-state index < -0.39 is 0 Å². The molecule has 1 aromatic heterocycles. The van der Waals surface area contributed by atoms with E-state index in [-0.39, 0.29) is 23.6 Å². The maximum Gasteiger partial charge on any atom is 0.258 e. The lowest BCUT2D eigenvalue weighted by atomic mass is 10.1. The van der Waals surface area contributed by atoms with Crippen molar-refractivity contribution < 1.29 is 9.59 Å². The van der Waals surface area contributed by atoms with Gasteiger partial charge in [0.05, 0.1) is 0 Å². The lowest BCUT2D eigenvalue weighted by molar-refractivity contribution is 0.101. The van der Waals surface area contributed by atoms with Crippen LogP contribution in [0.5, 0.6) is 0 Å². The van der Waals surface area contributed by atoms with Crippen molar-refractivity contribution in [3.05, 3.63) is 76.9 Å². The van der Waals surface area contributed by atoms with Crippen LogP contribution in [0.15, 0.2) is 54.6 Å². The molecule has 7 heteroatoms. The predicted molar refractivity (Wildman–Crippen MR) is 110 cm³/mol. The summed E-state index contributed by atoms with van der Waals surface area (Å²) in [5.74, 6) is 0.228. The van der Waals surface area contributed by atoms with Crippen LogP contribution in [0, 0.1) is 13.8 Å². The Bertz CT molecular complexity index is 955. The minimum absolute atomic E-state index is 0.0953. The lowest BCUT2D eigenvalue weighted by Gasteiger charge is -2.10. The number of rotatable bonds is 5. The van der Waals surface area contributed by atoms with Crippen molar-refractivity contribution >= 4 is 29.4 Å². The zero-order chi connectivity index (χ0) is 20.1. The Kier molecular flexibility index (Phi) is 5.64. The van der Waals surface area contributed by atoms with Crippen molar-refractivity contribution in [3.8, 4) is 0 Å². The second-order valence-electron chi connectivity index (χ2n) is 6.36. The van der Waals surface area contributed by atoms with Gasteiger partial charge in [-0.3, -0.25) is 14.9 Å². The highest BCUT2D eigenvalue weighted by Crippen LogP contribution is 2.16. The SMILES string of the molecule is CNc1cc(NC(=O)c2cccc(C)c2)nc(NC(=O)c2cccc(C)c2)n1. The summed E-state index contributed by atoms with van der Waals surface area (Å²) in [5.41, 5.74) is 2.99. The van der Waals surface area contributed by atoms with Gasteiger partial charge in [0.1, 0.15) is 11.6 Å². The summed E-state index contributed by atoms with van der Waals surface area (Å²) in [6, 6.07) is 16.0. The Morgan fingerprint density at radius 2 is 1.29 bits per heavy atom. The Balaban J connectivity index is 1.81. The summed E-state index contributed by atoms with van der Waals surface area (Å²) < 4.78 is 0. The lowest BCUT2D eigenvalue weighted by Crippen LogP contribution is -2.17. The molecule has 0 atom stereocenters. The van der Waals surface area contributed by atoms with Gasteiger partial charge in [-0.15, -0.1) is 0 Å². The topological polar surface area (TPSA) is 96.0 Å². The maximum absolute atomic E-state index is 12.5. The van der Waals surface area contributed by atoms with E-state index in [1.807, 2.05) is 38.1 Å². The van der Waals surface area contributed by atoms with Gasteiger partial charge in [0.25, 0.3) is 11.8 Å². The fourth-order valence-electron chi connectivity index (χ4n) is 2.63. The van der Waals surface area contributed by atoms with E-state index >= 15 is 0 Å². The van der Waals surface area contributed by atoms with Crippen LogP contribution in [0.3, 0.4) is 0 Å². The van der Waals surface area contributed by atoms with Crippen LogP contribution in [0.4, 0.5) is 17.6 Å². The second-order valence-corrected chi connectivity index (χ2v) is 6.36. The van der Waals surface area contributed by atoms with Gasteiger partial charge in [0.2, 0.25) is 5.95 Å². The van der Waals surface area contributed by atoms with E-state index in [2.05, 4.69) is 25.9 Å². The molecule has 7 nitrogen and oxygen atoms in total. The minimum atomic E-state index is -0.326. The number of amides is 2. The van der Waals surface area contributed by atoms with Gasteiger partial charge in [-0.25, -0.2) is 0 Å². The van der Waals surface area contributed by atoms with Crippen LogP contribution in [0.1, 0.15) is 31.8 Å². The Labute approximate surface area is 163 Å². The first-order valence-electron chi connectivity index (χ1n) is 8.77. The van der Waals surface area contributed by atoms with Gasteiger partial charge in [0, 0.05) is 24.2 Å². The number of aryl methyl sites for hydroxylation is 2. The number of hydrogen-bond donors (Lipinski definition) is 3. The number of nitrogens with one attached hydrogen (secondary N) is 3. The van der Waals surface area contributed by atoms with Crippen LogP contribution in [0.2, 0.25) is 0 Å². The largest absolute Gasteiger partial charge is 0.373 e. The first-order chi connectivity index (χ1) is 13.4. The molecule has 1 heterocycles. The summed E-state index contributed by atoms with van der Waals surface area (Å²) in [6.07, 6.45) is 0. The van der Waals surface area contributed by atoms with Crippen LogP contribution in [-0.2, 0) is 0 Å². The highest BCUT2D eigenvalue weighted by atomic mass is 16.2. The van der Waals surface area contributed by atoms with Crippen molar-refractivity contribution in [1.82, 2.24) is 9.97 Å². The van der Waals surface area contributed by atoms with Gasteiger partial charge in [-0.1, -0.05) is 35.4 Å². The van der Waals surface area contributed by atoms with Crippen molar-refractivity contribution in [1.29, 1.82) is 0 Å². The maximum atomic E-state index is 12.5. The summed E-state index contributed by atoms with van der Waals surface area (Å²) >= 11 is 0. The molecular formula is C21H21N5O2. The number of anilines is 3. The van der Waals surface area contributed by atoms with Gasteiger partial charge in [0.15, 0.2) is 0 Å². The number of carbonyl (C=O) groups excluding carboxylic acids is 2. The molecule has 0 spiro atoms. The normalized spacial score (nSPS) is 10.2. The second kappa shape index (κ2) is 8.30. The van der Waals surface area contributed by atoms with Crippen LogP contribution >= 0.6 is 0 Å². The van der Waals surface area contributed by atoms with E-state index in [1.54, 1.807) is 37.4 Å². The first-order valence-corrected chi connectivity index (χ1v) is 8.77. The molecular weight excluding hydrogens is 354 g/mol. The third-order valence-electron chi connectivity index (χ3n) is 4.01. The van der Waals surface area contributed by atoms with Gasteiger partial charge >= 0.3 is 0 Å². The van der Waals surface area contributed by atoms with E-state index in [1.165, 1.54) is 0 Å². The number of carbonyl (C=O) groups is 2. The average Bonchev–Trinajstić information content (AvgIpc) is 2.67. The van der Waals surface area contributed by atoms with Gasteiger partial charge in [-0.05, 0) is 38.1 Å². The van der Waals surface area contributed by atoms with Gasteiger partial charge in [-0.2, -0.15) is 9.97 Å². The van der Waals surface area contributed by atoms with E-state index in [0.29, 0.717) is 16.9 Å². The van der Waals surface area contributed by atoms with E-state index in [9.17, 15) is 9.59 Å². The number of benzene rings is 2. The first kappa shape index (κ1) is 19.0. The summed E-state index contributed by atoms with van der Waals surface area (Å²) in [5, 5.41) is 8.31. The molecule has 28 heavy (non-hydrogen) atoms. The van der Waals surface area contributed by atoms with E-state index in [4.69, 9.17) is 0 Å². The zero-order valence-electron chi connectivity index (χ0n) is 15.9. The standard InChI is InChI=1S/C21H21N5O2/c1-13-6-4-8-15(10-13)19(27)23-18-12-17(22-3)24-21(25-18)26-20(28)16-9-5-7-14(2)11-16/h4-12H,1-3H3,(H3,22,23,24,25,26,27,28). The number of aromatic nitrogens is 2. The molecule has 3 rings (SSSR count). The number of nitrogens with zero attached hydrogens (tertiary/aromatic N) is 2. The molecule has 0 radical (unpaired) electrons. The van der Waals surface area contributed by atoms with Crippen molar-refractivity contribution in [2.45, 2.75) is 13.8 Å². The summed E-state index contributed by atoms with van der Waals surface area (Å²) in [4.78, 5) is 33.4. The number of hydrogen-bond acceptors (Lipinski definition) is 5. The van der Waals surface area contributed by atoms with Crippen LogP contribution in [-0.4, -0.2) is 28.8 Å². The quantitative estimate of drug-likeness (QED) is 0.633. The van der Waals surface area contributed by atoms with Crippen LogP contribution < -0.4 is 16.0 Å². The van der Waals surface area contributed by atoms with Crippen LogP contribution in [0.25, 0.3) is 0 Å². The molecule has 142 valence electrons. The fourth-order valence-corrected chi connectivity index (χ4v) is 2.63. The molecule has 0 saturated carbocycles. The molecule has 2 aromatic carbocycles. The monoisotopic (exact) mass is 375 g/mol. The molecule has 0 aliphatic carbocycles. The summed E-state index contributed by atoms with van der Waals surface area (Å²) in [7, 11) is 1.70. The Morgan fingerprint density at radius 3 is 1.82 bits per heavy atom. The van der Waals surface area contributed by atoms with Crippen molar-refractivity contribution in [2.24, 2.45) is 0 Å². The highest BCUT2D eigenvalue weighted by molar-refractivity contribution is 6.05. The van der Waals surface area contributed by atoms with Crippen molar-refractivity contribution in [2.75, 3.05) is 23.0 Å². The highest BCUT2D eigenvalue weighted by Gasteiger charge is 2.13. The predicted octanol–water partition coefficient (Wildman–Crippen LogP) is 3.64. The third kappa shape index (κ3) is 4.70. The molecule has 0 aliphatic heterocycles.